The van der Waals surface area contributed by atoms with Crippen molar-refractivity contribution >= 4 is 35.1 Å². The van der Waals surface area contributed by atoms with E-state index in [1.165, 1.54) is 18.2 Å². The van der Waals surface area contributed by atoms with Gasteiger partial charge in [0.1, 0.15) is 11.3 Å². The lowest BCUT2D eigenvalue weighted by molar-refractivity contribution is -0.119. The van der Waals surface area contributed by atoms with Gasteiger partial charge in [0.15, 0.2) is 6.61 Å². The van der Waals surface area contributed by atoms with Crippen molar-refractivity contribution in [3.63, 3.8) is 0 Å². The number of rotatable bonds is 6. The van der Waals surface area contributed by atoms with Crippen molar-refractivity contribution in [1.29, 1.82) is 0 Å². The number of phenols is 1. The van der Waals surface area contributed by atoms with Gasteiger partial charge in [-0.05, 0) is 49.2 Å². The largest absolute Gasteiger partial charge is 0.507 e. The second-order valence-electron chi connectivity index (χ2n) is 6.11. The summed E-state index contributed by atoms with van der Waals surface area (Å²) in [7, 11) is 0. The summed E-state index contributed by atoms with van der Waals surface area (Å²) in [5.74, 6) is -1.95. The molecule has 0 atom stereocenters. The zero-order chi connectivity index (χ0) is 19.4. The van der Waals surface area contributed by atoms with Crippen LogP contribution in [-0.2, 0) is 9.53 Å². The number of aromatic hydroxyl groups is 1. The van der Waals surface area contributed by atoms with Crippen molar-refractivity contribution in [3.05, 3.63) is 58.6 Å². The lowest BCUT2D eigenvalue weighted by Gasteiger charge is -2.09. The van der Waals surface area contributed by atoms with Crippen LogP contribution >= 0.6 is 11.6 Å². The molecule has 3 rings (SSSR count). The summed E-state index contributed by atoms with van der Waals surface area (Å²) >= 11 is 5.70. The molecule has 0 saturated heterocycles. The smallest absolute Gasteiger partial charge is 0.342 e. The lowest BCUT2D eigenvalue weighted by Crippen LogP contribution is -2.25. The molecule has 1 aliphatic rings. The van der Waals surface area contributed by atoms with Crippen LogP contribution in [0, 0.1) is 0 Å². The highest BCUT2D eigenvalue weighted by Gasteiger charge is 2.23. The number of carbonyl (C=O) groups is 3. The Morgan fingerprint density at radius 3 is 2.63 bits per heavy atom. The van der Waals surface area contributed by atoms with Gasteiger partial charge < -0.3 is 20.5 Å². The maximum atomic E-state index is 12.0. The first-order valence-electron chi connectivity index (χ1n) is 8.29. The molecule has 0 heterocycles. The van der Waals surface area contributed by atoms with Gasteiger partial charge >= 0.3 is 5.97 Å². The van der Waals surface area contributed by atoms with Crippen molar-refractivity contribution in [2.24, 2.45) is 0 Å². The average molecular weight is 389 g/mol. The summed E-state index contributed by atoms with van der Waals surface area (Å²) in [6.45, 7) is -0.542. The summed E-state index contributed by atoms with van der Waals surface area (Å²) in [5.41, 5.74) is 0.752. The summed E-state index contributed by atoms with van der Waals surface area (Å²) in [6, 6.07) is 10.6. The standard InChI is InChI=1S/C19H17ClN2O5/c20-12-4-7-15(16(23)9-12)19(26)27-10-17(24)21-14-3-1-2-11(8-14)18(25)22-13-5-6-13/h1-4,7-9,13,23H,5-6,10H2,(H,21,24)(H,22,25). The number of amides is 2. The number of halogens is 1. The minimum atomic E-state index is -0.850. The molecule has 0 spiro atoms. The third-order valence-electron chi connectivity index (χ3n) is 3.84. The molecule has 8 heteroatoms. The number of hydrogen-bond acceptors (Lipinski definition) is 5. The van der Waals surface area contributed by atoms with E-state index in [9.17, 15) is 19.5 Å². The monoisotopic (exact) mass is 388 g/mol. The predicted molar refractivity (Wildman–Crippen MR) is 99.0 cm³/mol. The molecule has 27 heavy (non-hydrogen) atoms. The summed E-state index contributed by atoms with van der Waals surface area (Å²) in [6.07, 6.45) is 1.97. The number of nitrogens with one attached hydrogen (secondary N) is 2. The minimum Gasteiger partial charge on any atom is -0.507 e. The zero-order valence-electron chi connectivity index (χ0n) is 14.2. The Bertz CT molecular complexity index is 895. The van der Waals surface area contributed by atoms with Crippen molar-refractivity contribution in [2.45, 2.75) is 18.9 Å². The molecule has 2 aromatic carbocycles. The van der Waals surface area contributed by atoms with Gasteiger partial charge in [0.05, 0.1) is 0 Å². The number of carbonyl (C=O) groups excluding carboxylic acids is 3. The van der Waals surface area contributed by atoms with Crippen molar-refractivity contribution in [1.82, 2.24) is 5.32 Å². The maximum absolute atomic E-state index is 12.0. The van der Waals surface area contributed by atoms with E-state index in [0.29, 0.717) is 11.3 Å². The Kier molecular flexibility index (Phi) is 5.61. The molecule has 2 aromatic rings. The van der Waals surface area contributed by atoms with Gasteiger partial charge in [-0.1, -0.05) is 17.7 Å². The number of benzene rings is 2. The molecule has 2 amide bonds. The zero-order valence-corrected chi connectivity index (χ0v) is 15.0. The normalized spacial score (nSPS) is 12.9. The summed E-state index contributed by atoms with van der Waals surface area (Å²) in [4.78, 5) is 35.9. The fourth-order valence-corrected chi connectivity index (χ4v) is 2.48. The van der Waals surface area contributed by atoms with E-state index in [1.54, 1.807) is 24.3 Å². The Hall–Kier alpha value is -3.06. The van der Waals surface area contributed by atoms with E-state index in [4.69, 9.17) is 16.3 Å². The molecule has 1 saturated carbocycles. The van der Waals surface area contributed by atoms with Gasteiger partial charge in [0, 0.05) is 22.3 Å². The van der Waals surface area contributed by atoms with Gasteiger partial charge in [0.2, 0.25) is 0 Å². The maximum Gasteiger partial charge on any atom is 0.342 e. The van der Waals surface area contributed by atoms with E-state index >= 15 is 0 Å². The lowest BCUT2D eigenvalue weighted by atomic mass is 10.2. The molecule has 0 radical (unpaired) electrons. The van der Waals surface area contributed by atoms with Crippen LogP contribution in [0.4, 0.5) is 5.69 Å². The van der Waals surface area contributed by atoms with E-state index in [-0.39, 0.29) is 28.3 Å². The van der Waals surface area contributed by atoms with Crippen LogP contribution in [0.2, 0.25) is 5.02 Å². The number of esters is 1. The first-order chi connectivity index (χ1) is 12.9. The number of ether oxygens (including phenoxy) is 1. The van der Waals surface area contributed by atoms with Gasteiger partial charge in [-0.3, -0.25) is 9.59 Å². The highest BCUT2D eigenvalue weighted by Crippen LogP contribution is 2.22. The molecule has 7 nitrogen and oxygen atoms in total. The van der Waals surface area contributed by atoms with Crippen LogP contribution in [0.3, 0.4) is 0 Å². The molecule has 1 aliphatic carbocycles. The summed E-state index contributed by atoms with van der Waals surface area (Å²) < 4.78 is 4.89. The molecule has 3 N–H and O–H groups in total. The van der Waals surface area contributed by atoms with Crippen LogP contribution in [0.15, 0.2) is 42.5 Å². The van der Waals surface area contributed by atoms with Crippen LogP contribution in [0.5, 0.6) is 5.75 Å². The summed E-state index contributed by atoms with van der Waals surface area (Å²) in [5, 5.41) is 15.4. The van der Waals surface area contributed by atoms with Crippen LogP contribution in [0.1, 0.15) is 33.6 Å². The molecule has 1 fully saturated rings. The van der Waals surface area contributed by atoms with Gasteiger partial charge in [-0.15, -0.1) is 0 Å². The average Bonchev–Trinajstić information content (AvgIpc) is 3.44. The molecule has 140 valence electrons. The Morgan fingerprint density at radius 2 is 1.93 bits per heavy atom. The topological polar surface area (TPSA) is 105 Å². The molecular weight excluding hydrogens is 372 g/mol. The Labute approximate surface area is 160 Å². The highest BCUT2D eigenvalue weighted by atomic mass is 35.5. The molecular formula is C19H17ClN2O5. The SMILES string of the molecule is O=C(COC(=O)c1ccc(Cl)cc1O)Nc1cccc(C(=O)NC2CC2)c1. The third-order valence-corrected chi connectivity index (χ3v) is 4.07. The van der Waals surface area contributed by atoms with E-state index in [0.717, 1.165) is 12.8 Å². The minimum absolute atomic E-state index is 0.0917. The quantitative estimate of drug-likeness (QED) is 0.660. The van der Waals surface area contributed by atoms with Crippen LogP contribution in [-0.4, -0.2) is 35.5 Å². The first kappa shape index (κ1) is 18.7. The number of anilines is 1. The molecule has 0 aliphatic heterocycles. The van der Waals surface area contributed by atoms with Crippen LogP contribution in [0.25, 0.3) is 0 Å². The fraction of sp³-hybridized carbons (Fsp3) is 0.211. The highest BCUT2D eigenvalue weighted by molar-refractivity contribution is 6.30. The van der Waals surface area contributed by atoms with Gasteiger partial charge in [-0.25, -0.2) is 4.79 Å². The Morgan fingerprint density at radius 1 is 1.15 bits per heavy atom. The first-order valence-corrected chi connectivity index (χ1v) is 8.66. The second kappa shape index (κ2) is 8.09. The van der Waals surface area contributed by atoms with Crippen LogP contribution < -0.4 is 10.6 Å². The van der Waals surface area contributed by atoms with Gasteiger partial charge in [-0.2, -0.15) is 0 Å². The van der Waals surface area contributed by atoms with Gasteiger partial charge in [0.25, 0.3) is 11.8 Å². The Balaban J connectivity index is 1.54. The van der Waals surface area contributed by atoms with Crippen molar-refractivity contribution in [3.8, 4) is 5.75 Å². The van der Waals surface area contributed by atoms with Crippen molar-refractivity contribution in [2.75, 3.05) is 11.9 Å². The van der Waals surface area contributed by atoms with Crippen molar-refractivity contribution < 1.29 is 24.2 Å². The molecule has 0 bridgehead atoms. The predicted octanol–water partition coefficient (Wildman–Crippen LogP) is 2.73. The third kappa shape index (κ3) is 5.21. The molecule has 0 unspecified atom stereocenters. The van der Waals surface area contributed by atoms with E-state index in [1.807, 2.05) is 0 Å². The van der Waals surface area contributed by atoms with E-state index in [2.05, 4.69) is 10.6 Å². The number of phenolic OH excluding ortho intramolecular Hbond substituents is 1. The number of hydrogen-bond donors (Lipinski definition) is 3. The van der Waals surface area contributed by atoms with E-state index < -0.39 is 18.5 Å². The fourth-order valence-electron chi connectivity index (χ4n) is 2.32. The molecule has 0 aromatic heterocycles. The second-order valence-corrected chi connectivity index (χ2v) is 6.55.